The smallest absolute Gasteiger partial charge is 0.147 e. The Labute approximate surface area is 36.7 Å². The summed E-state index contributed by atoms with van der Waals surface area (Å²) in [5, 5.41) is 0. The van der Waals surface area contributed by atoms with Gasteiger partial charge >= 0.3 is 0 Å². The van der Waals surface area contributed by atoms with Gasteiger partial charge in [-0.15, -0.1) is 22.2 Å². The van der Waals surface area contributed by atoms with Gasteiger partial charge in [-0.3, -0.25) is 0 Å². The molecule has 5 heavy (non-hydrogen) atoms. The molecule has 0 unspecified atom stereocenters. The number of rotatable bonds is 0. The van der Waals surface area contributed by atoms with Crippen molar-refractivity contribution in [1.82, 2.24) is 0 Å². The molecule has 0 rings (SSSR count). The zero-order valence-corrected chi connectivity index (χ0v) is 11.9. The van der Waals surface area contributed by atoms with E-state index in [-0.39, 0.29) is 0 Å². The maximum atomic E-state index is 5.14. The van der Waals surface area contributed by atoms with Crippen molar-refractivity contribution in [2.24, 2.45) is 0 Å². The van der Waals surface area contributed by atoms with Crippen LogP contribution in [0.15, 0.2) is 0 Å². The Hall–Kier alpha value is -0.203. The van der Waals surface area contributed by atoms with Gasteiger partial charge in [0.2, 0.25) is 0 Å². The standard InChI is InChI=1S/CH3Cl2Si.Rf/c1-4(2)3;/h1H3;. The maximum absolute atomic E-state index is 5.14. The summed E-state index contributed by atoms with van der Waals surface area (Å²) in [6.07, 6.45) is 0. The Morgan fingerprint density at radius 1 is 1.40 bits per heavy atom. The van der Waals surface area contributed by atoms with Gasteiger partial charge in [-0.1, -0.05) is 0 Å². The van der Waals surface area contributed by atoms with E-state index in [9.17, 15) is 0 Å². The molecule has 0 aliphatic rings. The monoisotopic (exact) mass is 380 g/mol. The van der Waals surface area contributed by atoms with E-state index >= 15 is 0 Å². The third kappa shape index (κ3) is 297. The Balaban J connectivity index is 0. The summed E-state index contributed by atoms with van der Waals surface area (Å²) in [6, 6.07) is 0. The molecular formula is CH3Cl2RfSi. The van der Waals surface area contributed by atoms with Gasteiger partial charge in [-0.05, 0) is 6.55 Å². The third-order valence-corrected chi connectivity index (χ3v) is 0. The minimum Gasteiger partial charge on any atom is -0.147 e. The maximum Gasteiger partial charge on any atom is 0.270 e. The first kappa shape index (κ1) is 8.84. The predicted molar refractivity (Wildman–Crippen MR) is 23.3 cm³/mol. The molecule has 0 aliphatic carbocycles. The van der Waals surface area contributed by atoms with Gasteiger partial charge < -0.3 is 0 Å². The van der Waals surface area contributed by atoms with Crippen LogP contribution in [0.1, 0.15) is 0 Å². The predicted octanol–water partition coefficient (Wildman–Crippen LogP) is 1.58. The molecule has 0 aliphatic heterocycles. The first-order valence-electron chi connectivity index (χ1n) is 0.878. The zero-order chi connectivity index (χ0) is 3.58. The molecule has 0 saturated heterocycles. The fourth-order valence-corrected chi connectivity index (χ4v) is 0. The average molecular weight is 381 g/mol. The molecule has 0 spiro atoms. The largest absolute Gasteiger partial charge is 0.270 e. The second-order valence-corrected chi connectivity index (χ2v) is 5.33. The molecule has 0 aromatic carbocycles. The fourth-order valence-electron chi connectivity index (χ4n) is 0. The van der Waals surface area contributed by atoms with Crippen molar-refractivity contribution < 1.29 is 0 Å². The van der Waals surface area contributed by atoms with Crippen LogP contribution in [-0.4, -0.2) is 7.42 Å². The van der Waals surface area contributed by atoms with Gasteiger partial charge in [-0.25, -0.2) is 0 Å². The van der Waals surface area contributed by atoms with Crippen LogP contribution in [0.2, 0.25) is 6.55 Å². The summed E-state index contributed by atoms with van der Waals surface area (Å²) >= 11 is 10.3. The average Bonchev–Trinajstić information content (AvgIpc) is 0.811. The Bertz CT molecular complexity index is 14.4. The van der Waals surface area contributed by atoms with Gasteiger partial charge in [0.05, 0.1) is 0 Å². The van der Waals surface area contributed by atoms with Crippen molar-refractivity contribution >= 4 is 29.6 Å². The Kier molecular flexibility index (Phi) is 6.71. The van der Waals surface area contributed by atoms with E-state index in [4.69, 9.17) is 22.2 Å². The van der Waals surface area contributed by atoms with Crippen LogP contribution < -0.4 is 0 Å². The molecule has 4 heteroatoms. The fraction of sp³-hybridized carbons (Fsp3) is 1.00. The third-order valence-electron chi connectivity index (χ3n) is 0. The summed E-state index contributed by atoms with van der Waals surface area (Å²) in [7, 11) is -0.935. The van der Waals surface area contributed by atoms with E-state index < -0.39 is 7.42 Å². The molecule has 0 aromatic heterocycles. The second kappa shape index (κ2) is 3.80. The molecule has 1 radical (unpaired) electrons. The van der Waals surface area contributed by atoms with Crippen LogP contribution in [-0.2, 0) is 0 Å². The van der Waals surface area contributed by atoms with Crippen LogP contribution in [0.4, 0.5) is 0 Å². The van der Waals surface area contributed by atoms with E-state index in [1.165, 1.54) is 0 Å². The molecule has 0 nitrogen and oxygen atoms in total. The topological polar surface area (TPSA) is 0 Å². The van der Waals surface area contributed by atoms with Gasteiger partial charge in [0.1, 0.15) is 0 Å². The van der Waals surface area contributed by atoms with E-state index in [0.29, 0.717) is 0 Å². The first-order valence-corrected chi connectivity index (χ1v) is 4.90. The minimum absolute atomic E-state index is 0. The van der Waals surface area contributed by atoms with Crippen LogP contribution >= 0.6 is 22.2 Å². The van der Waals surface area contributed by atoms with Crippen molar-refractivity contribution in [3.63, 3.8) is 0 Å². The van der Waals surface area contributed by atoms with Gasteiger partial charge in [0.15, 0.2) is 0 Å². The summed E-state index contributed by atoms with van der Waals surface area (Å²) in [6.45, 7) is 1.80. The van der Waals surface area contributed by atoms with Gasteiger partial charge in [-0.2, -0.15) is 0 Å². The van der Waals surface area contributed by atoms with Crippen molar-refractivity contribution in [3.05, 3.63) is 0 Å². The number of hydrogen-bond donors (Lipinski definition) is 0. The number of halogens is 2. The van der Waals surface area contributed by atoms with Crippen molar-refractivity contribution in [1.29, 1.82) is 0 Å². The number of hydrogen-bond acceptors (Lipinski definition) is 0. The SMILES string of the molecule is C[Si](Cl)Cl.[Rf]. The normalized spacial score (nSPS) is 7.20. The van der Waals surface area contributed by atoms with E-state index in [2.05, 4.69) is 0 Å². The Morgan fingerprint density at radius 2 is 1.40 bits per heavy atom. The summed E-state index contributed by atoms with van der Waals surface area (Å²) in [5.41, 5.74) is 0. The van der Waals surface area contributed by atoms with E-state index in [0.717, 1.165) is 0 Å². The summed E-state index contributed by atoms with van der Waals surface area (Å²) in [4.78, 5) is 0. The summed E-state index contributed by atoms with van der Waals surface area (Å²) < 4.78 is 0. The van der Waals surface area contributed by atoms with Crippen molar-refractivity contribution in [2.75, 3.05) is 0 Å². The molecule has 0 heterocycles. The molecule has 0 aromatic rings. The molecule has 0 N–H and O–H groups in total. The Morgan fingerprint density at radius 3 is 1.40 bits per heavy atom. The summed E-state index contributed by atoms with van der Waals surface area (Å²) in [5.74, 6) is 0. The zero-order valence-electron chi connectivity index (χ0n) is 2.96. The van der Waals surface area contributed by atoms with E-state index in [1.807, 2.05) is 0 Å². The van der Waals surface area contributed by atoms with Crippen molar-refractivity contribution in [2.45, 2.75) is 6.55 Å². The molecule has 27 valence electrons. The minimum atomic E-state index is -0.935. The van der Waals surface area contributed by atoms with Crippen molar-refractivity contribution in [3.8, 4) is 0 Å². The van der Waals surface area contributed by atoms with E-state index in [1.54, 1.807) is 6.55 Å². The molecule has 0 atom stereocenters. The quantitative estimate of drug-likeness (QED) is 0.442. The first-order chi connectivity index (χ1) is 1.73. The van der Waals surface area contributed by atoms with Crippen LogP contribution in [0.25, 0.3) is 0 Å². The van der Waals surface area contributed by atoms with Crippen LogP contribution in [0.3, 0.4) is 0 Å². The van der Waals surface area contributed by atoms with Crippen LogP contribution in [0, 0.1) is 0 Å². The molecule has 0 bridgehead atoms. The van der Waals surface area contributed by atoms with Gasteiger partial charge in [0.25, 0.3) is 7.42 Å². The van der Waals surface area contributed by atoms with Gasteiger partial charge in [0, 0.05) is 0 Å². The molecule has 0 amide bonds. The molecular weight excluding hydrogens is 378 g/mol. The molecule has 0 fully saturated rings. The van der Waals surface area contributed by atoms with Crippen LogP contribution in [0.5, 0.6) is 0 Å². The second-order valence-electron chi connectivity index (χ2n) is 0.449. The molecule has 0 saturated carbocycles.